The van der Waals surface area contributed by atoms with Crippen molar-refractivity contribution in [2.75, 3.05) is 7.11 Å². The van der Waals surface area contributed by atoms with Crippen LogP contribution in [-0.4, -0.2) is 26.0 Å². The smallest absolute Gasteiger partial charge is 0.277 e. The van der Waals surface area contributed by atoms with Crippen LogP contribution in [0.4, 0.5) is 4.39 Å². The number of halogens is 1. The van der Waals surface area contributed by atoms with Gasteiger partial charge in [-0.1, -0.05) is 25.1 Å². The molecule has 0 atom stereocenters. The minimum Gasteiger partial charge on any atom is -0.481 e. The first-order valence-corrected chi connectivity index (χ1v) is 8.74. The van der Waals surface area contributed by atoms with Crippen molar-refractivity contribution < 1.29 is 9.13 Å². The quantitative estimate of drug-likeness (QED) is 0.557. The first-order chi connectivity index (χ1) is 13.0. The maximum Gasteiger partial charge on any atom is 0.277 e. The summed E-state index contributed by atoms with van der Waals surface area (Å²) in [7, 11) is 1.54. The molecular weight excluding hydrogens is 347 g/mol. The number of fused-ring (bicyclic) bond motifs is 3. The maximum atomic E-state index is 14.2. The van der Waals surface area contributed by atoms with Crippen molar-refractivity contribution in [3.8, 4) is 5.88 Å². The predicted octanol–water partition coefficient (Wildman–Crippen LogP) is 3.11. The molecule has 1 aromatic carbocycles. The van der Waals surface area contributed by atoms with Gasteiger partial charge < -0.3 is 4.74 Å². The number of hydrogen-bond donors (Lipinski definition) is 0. The Balaban J connectivity index is 2.12. The van der Waals surface area contributed by atoms with Crippen molar-refractivity contribution in [1.29, 1.82) is 0 Å². The van der Waals surface area contributed by atoms with E-state index in [2.05, 4.69) is 9.97 Å². The number of pyridine rings is 1. The fraction of sp³-hybridized carbons (Fsp3) is 0.250. The molecule has 4 rings (SSSR count). The normalized spacial score (nSPS) is 11.4. The number of hydrogen-bond acceptors (Lipinski definition) is 4. The number of aryl methyl sites for hydroxylation is 2. The van der Waals surface area contributed by atoms with Crippen molar-refractivity contribution in [1.82, 2.24) is 18.9 Å². The van der Waals surface area contributed by atoms with Gasteiger partial charge >= 0.3 is 0 Å². The van der Waals surface area contributed by atoms with Crippen molar-refractivity contribution >= 4 is 16.7 Å². The summed E-state index contributed by atoms with van der Waals surface area (Å²) in [5.41, 5.74) is 2.47. The van der Waals surface area contributed by atoms with E-state index in [1.807, 2.05) is 6.92 Å². The first kappa shape index (κ1) is 17.2. The molecule has 0 aliphatic rings. The Labute approximate surface area is 154 Å². The van der Waals surface area contributed by atoms with E-state index in [-0.39, 0.29) is 17.9 Å². The molecule has 7 heteroatoms. The maximum absolute atomic E-state index is 14.2. The lowest BCUT2D eigenvalue weighted by molar-refractivity contribution is 0.399. The summed E-state index contributed by atoms with van der Waals surface area (Å²) in [4.78, 5) is 22.4. The van der Waals surface area contributed by atoms with Crippen LogP contribution in [0.5, 0.6) is 5.88 Å². The summed E-state index contributed by atoms with van der Waals surface area (Å²) in [6, 6.07) is 9.92. The van der Waals surface area contributed by atoms with E-state index < -0.39 is 0 Å². The van der Waals surface area contributed by atoms with Crippen LogP contribution in [0.2, 0.25) is 0 Å². The van der Waals surface area contributed by atoms with Gasteiger partial charge in [0.1, 0.15) is 17.2 Å². The zero-order valence-electron chi connectivity index (χ0n) is 15.4. The highest BCUT2D eigenvalue weighted by Crippen LogP contribution is 2.21. The van der Waals surface area contributed by atoms with Crippen LogP contribution in [-0.2, 0) is 13.0 Å². The third-order valence-corrected chi connectivity index (χ3v) is 4.71. The Morgan fingerprint density at radius 3 is 2.63 bits per heavy atom. The molecule has 0 bridgehead atoms. The van der Waals surface area contributed by atoms with Crippen LogP contribution in [0.1, 0.15) is 24.0 Å². The molecule has 0 aliphatic heterocycles. The Kier molecular flexibility index (Phi) is 4.14. The van der Waals surface area contributed by atoms with Gasteiger partial charge in [-0.25, -0.2) is 9.37 Å². The third-order valence-electron chi connectivity index (χ3n) is 4.71. The Morgan fingerprint density at radius 1 is 1.15 bits per heavy atom. The molecule has 4 aromatic rings. The van der Waals surface area contributed by atoms with Gasteiger partial charge in [0.2, 0.25) is 5.88 Å². The lowest BCUT2D eigenvalue weighted by Gasteiger charge is -2.14. The number of nitrogens with zero attached hydrogens (tertiary/aromatic N) is 4. The fourth-order valence-electron chi connectivity index (χ4n) is 3.41. The van der Waals surface area contributed by atoms with Crippen molar-refractivity contribution in [3.63, 3.8) is 0 Å². The second kappa shape index (κ2) is 6.50. The third kappa shape index (κ3) is 2.66. The zero-order chi connectivity index (χ0) is 19.1. The summed E-state index contributed by atoms with van der Waals surface area (Å²) in [6.45, 7) is 3.89. The first-order valence-electron chi connectivity index (χ1n) is 8.74. The summed E-state index contributed by atoms with van der Waals surface area (Å²) in [6.07, 6.45) is 0.653. The molecule has 0 N–H and O–H groups in total. The number of aromatic nitrogens is 4. The molecule has 3 heterocycles. The van der Waals surface area contributed by atoms with Crippen LogP contribution in [0.15, 0.2) is 41.2 Å². The van der Waals surface area contributed by atoms with Gasteiger partial charge in [-0.15, -0.1) is 0 Å². The molecular formula is C20H19FN4O2. The molecule has 0 aliphatic carbocycles. The minimum absolute atomic E-state index is 0.110. The molecule has 6 nitrogen and oxygen atoms in total. The highest BCUT2D eigenvalue weighted by Gasteiger charge is 2.19. The summed E-state index contributed by atoms with van der Waals surface area (Å²) in [5.74, 6) is 0.843. The van der Waals surface area contributed by atoms with Crippen LogP contribution in [0.3, 0.4) is 0 Å². The Hall–Kier alpha value is -3.22. The van der Waals surface area contributed by atoms with E-state index in [0.29, 0.717) is 40.2 Å². The summed E-state index contributed by atoms with van der Waals surface area (Å²) >= 11 is 0. The average molecular weight is 366 g/mol. The fourth-order valence-corrected chi connectivity index (χ4v) is 3.41. The van der Waals surface area contributed by atoms with Crippen molar-refractivity contribution in [2.24, 2.45) is 0 Å². The summed E-state index contributed by atoms with van der Waals surface area (Å²) in [5, 5.41) is 0. The van der Waals surface area contributed by atoms with E-state index in [0.717, 1.165) is 5.82 Å². The lowest BCUT2D eigenvalue weighted by atomic mass is 10.2. The van der Waals surface area contributed by atoms with E-state index in [9.17, 15) is 9.18 Å². The van der Waals surface area contributed by atoms with Crippen LogP contribution >= 0.6 is 0 Å². The Bertz CT molecular complexity index is 1230. The molecule has 27 heavy (non-hydrogen) atoms. The molecule has 3 aromatic heterocycles. The van der Waals surface area contributed by atoms with E-state index in [1.54, 1.807) is 53.3 Å². The van der Waals surface area contributed by atoms with E-state index in [4.69, 9.17) is 4.74 Å². The summed E-state index contributed by atoms with van der Waals surface area (Å²) < 4.78 is 22.8. The van der Waals surface area contributed by atoms with E-state index in [1.165, 1.54) is 6.07 Å². The number of ether oxygens (including phenoxy) is 1. The number of methoxy groups -OCH3 is 1. The highest BCUT2D eigenvalue weighted by molar-refractivity contribution is 5.77. The number of rotatable bonds is 4. The molecule has 0 spiro atoms. The van der Waals surface area contributed by atoms with Gasteiger partial charge in [-0.3, -0.25) is 13.8 Å². The predicted molar refractivity (Wildman–Crippen MR) is 101 cm³/mol. The van der Waals surface area contributed by atoms with Gasteiger partial charge in [-0.05, 0) is 19.1 Å². The van der Waals surface area contributed by atoms with Crippen molar-refractivity contribution in [2.45, 2.75) is 26.8 Å². The highest BCUT2D eigenvalue weighted by atomic mass is 19.1. The topological polar surface area (TPSA) is 61.4 Å². The SMILES string of the molecule is CCc1nc(C)c2c(=O)n(Cc3ccccc3F)c3ccc(OC)nc3n12. The molecule has 0 amide bonds. The van der Waals surface area contributed by atoms with Gasteiger partial charge in [-0.2, -0.15) is 4.98 Å². The van der Waals surface area contributed by atoms with Gasteiger partial charge in [0.05, 0.1) is 24.9 Å². The van der Waals surface area contributed by atoms with E-state index >= 15 is 0 Å². The average Bonchev–Trinajstić information content (AvgIpc) is 3.03. The second-order valence-corrected chi connectivity index (χ2v) is 6.33. The van der Waals surface area contributed by atoms with Crippen LogP contribution in [0.25, 0.3) is 16.7 Å². The largest absolute Gasteiger partial charge is 0.481 e. The molecule has 0 saturated carbocycles. The second-order valence-electron chi connectivity index (χ2n) is 6.33. The molecule has 0 fully saturated rings. The van der Waals surface area contributed by atoms with Crippen LogP contribution in [0, 0.1) is 12.7 Å². The number of benzene rings is 1. The van der Waals surface area contributed by atoms with Gasteiger partial charge in [0.15, 0.2) is 5.65 Å². The monoisotopic (exact) mass is 366 g/mol. The zero-order valence-corrected chi connectivity index (χ0v) is 15.4. The van der Waals surface area contributed by atoms with Crippen molar-refractivity contribution in [3.05, 3.63) is 69.7 Å². The molecule has 0 radical (unpaired) electrons. The van der Waals surface area contributed by atoms with Gasteiger partial charge in [0, 0.05) is 18.1 Å². The molecule has 138 valence electrons. The minimum atomic E-state index is -0.349. The van der Waals surface area contributed by atoms with Gasteiger partial charge in [0.25, 0.3) is 5.56 Å². The lowest BCUT2D eigenvalue weighted by Crippen LogP contribution is -2.25. The molecule has 0 saturated heterocycles. The Morgan fingerprint density at radius 2 is 1.93 bits per heavy atom. The van der Waals surface area contributed by atoms with Crippen LogP contribution < -0.4 is 10.3 Å². The molecule has 0 unspecified atom stereocenters. The standard InChI is InChI=1S/C20H19FN4O2/c1-4-16-22-12(2)18-20(26)24(11-13-7-5-6-8-14(13)21)15-9-10-17(27-3)23-19(15)25(16)18/h5-10H,4,11H2,1-3H3. The number of imidazole rings is 1.